The summed E-state index contributed by atoms with van der Waals surface area (Å²) in [5.41, 5.74) is -0.0810. The molecule has 1 aromatic carbocycles. The first-order valence-corrected chi connectivity index (χ1v) is 7.14. The molecule has 1 atom stereocenters. The van der Waals surface area contributed by atoms with Gasteiger partial charge in [0.15, 0.2) is 0 Å². The lowest BCUT2D eigenvalue weighted by atomic mass is 10.4. The highest BCUT2D eigenvalue weighted by Gasteiger charge is 2.12. The molecule has 0 unspecified atom stereocenters. The lowest BCUT2D eigenvalue weighted by Crippen LogP contribution is -2.18. The van der Waals surface area contributed by atoms with Crippen molar-refractivity contribution < 1.29 is 10.0 Å². The van der Waals surface area contributed by atoms with Crippen molar-refractivity contribution in [1.29, 1.82) is 0 Å². The van der Waals surface area contributed by atoms with Gasteiger partial charge in [0, 0.05) is 15.7 Å². The number of nitrogens with zero attached hydrogens (tertiary/aromatic N) is 3. The molecule has 0 aliphatic rings. The van der Waals surface area contributed by atoms with Gasteiger partial charge in [-0.2, -0.15) is 5.10 Å². The molecule has 0 fully saturated rings. The Morgan fingerprint density at radius 1 is 1.45 bits per heavy atom. The summed E-state index contributed by atoms with van der Waals surface area (Å²) in [7, 11) is 0. The number of hydrogen-bond acceptors (Lipinski definition) is 5. The number of thioether (sulfide) groups is 1. The molecule has 20 heavy (non-hydrogen) atoms. The quantitative estimate of drug-likeness (QED) is 0.503. The van der Waals surface area contributed by atoms with E-state index in [0.717, 1.165) is 4.90 Å². The molecule has 6 nitrogen and oxygen atoms in total. The number of benzene rings is 1. The monoisotopic (exact) mass is 313 g/mol. The number of aromatic nitrogens is 2. The first kappa shape index (κ1) is 14.8. The Hall–Kier alpha value is -1.57. The number of nitro groups is 1. The summed E-state index contributed by atoms with van der Waals surface area (Å²) in [5.74, 6) is 0.468. The van der Waals surface area contributed by atoms with Crippen molar-refractivity contribution in [2.75, 3.05) is 5.75 Å². The second-order valence-electron chi connectivity index (χ2n) is 4.10. The van der Waals surface area contributed by atoms with Crippen LogP contribution in [-0.4, -0.2) is 31.7 Å². The zero-order chi connectivity index (χ0) is 14.5. The van der Waals surface area contributed by atoms with Crippen molar-refractivity contribution in [3.8, 4) is 0 Å². The second kappa shape index (κ2) is 6.74. The van der Waals surface area contributed by atoms with Gasteiger partial charge in [-0.3, -0.25) is 14.8 Å². The molecular weight excluding hydrogens is 302 g/mol. The molecule has 0 spiro atoms. The Kier molecular flexibility index (Phi) is 4.99. The van der Waals surface area contributed by atoms with Crippen molar-refractivity contribution >= 4 is 29.1 Å². The molecule has 0 saturated carbocycles. The van der Waals surface area contributed by atoms with Crippen LogP contribution in [0.2, 0.25) is 5.02 Å². The normalized spacial score (nSPS) is 12.3. The van der Waals surface area contributed by atoms with Crippen LogP contribution in [0.1, 0.15) is 0 Å². The predicted molar refractivity (Wildman–Crippen MR) is 77.1 cm³/mol. The molecule has 0 aliphatic carbocycles. The van der Waals surface area contributed by atoms with Crippen LogP contribution in [0.25, 0.3) is 0 Å². The summed E-state index contributed by atoms with van der Waals surface area (Å²) in [6, 6.07) is 7.32. The van der Waals surface area contributed by atoms with E-state index in [4.69, 9.17) is 11.6 Å². The van der Waals surface area contributed by atoms with Crippen molar-refractivity contribution in [2.24, 2.45) is 0 Å². The van der Waals surface area contributed by atoms with Crippen LogP contribution in [0.5, 0.6) is 0 Å². The minimum atomic E-state index is -0.643. The topological polar surface area (TPSA) is 81.2 Å². The Bertz CT molecular complexity index is 588. The third-order valence-electron chi connectivity index (χ3n) is 2.48. The highest BCUT2D eigenvalue weighted by atomic mass is 35.5. The summed E-state index contributed by atoms with van der Waals surface area (Å²) in [5, 5.41) is 24.9. The number of rotatable bonds is 6. The highest BCUT2D eigenvalue weighted by molar-refractivity contribution is 7.99. The molecule has 2 rings (SSSR count). The van der Waals surface area contributed by atoms with Crippen molar-refractivity contribution in [3.63, 3.8) is 0 Å². The molecule has 0 bridgehead atoms. The molecule has 0 radical (unpaired) electrons. The standard InChI is InChI=1S/C12H12ClN3O3S/c13-9-1-3-12(4-2-9)20-8-11(17)7-15-6-10(5-14-15)16(18)19/h1-6,11,17H,7-8H2/t11-/m0/s1. The van der Waals surface area contributed by atoms with E-state index in [9.17, 15) is 15.2 Å². The lowest BCUT2D eigenvalue weighted by molar-refractivity contribution is -0.385. The van der Waals surface area contributed by atoms with Crippen LogP contribution in [0.3, 0.4) is 0 Å². The maximum atomic E-state index is 10.5. The minimum Gasteiger partial charge on any atom is -0.390 e. The first-order chi connectivity index (χ1) is 9.54. The molecule has 1 aromatic heterocycles. The molecular formula is C12H12ClN3O3S. The van der Waals surface area contributed by atoms with E-state index in [1.54, 1.807) is 12.1 Å². The summed E-state index contributed by atoms with van der Waals surface area (Å²) in [6.45, 7) is 0.217. The summed E-state index contributed by atoms with van der Waals surface area (Å²) < 4.78 is 1.37. The molecule has 8 heteroatoms. The largest absolute Gasteiger partial charge is 0.390 e. The fourth-order valence-electron chi connectivity index (χ4n) is 1.54. The molecule has 0 saturated heterocycles. The average molecular weight is 314 g/mol. The maximum Gasteiger partial charge on any atom is 0.306 e. The lowest BCUT2D eigenvalue weighted by Gasteiger charge is -2.10. The van der Waals surface area contributed by atoms with E-state index in [1.807, 2.05) is 12.1 Å². The fourth-order valence-corrected chi connectivity index (χ4v) is 2.48. The zero-order valence-electron chi connectivity index (χ0n) is 10.3. The fraction of sp³-hybridized carbons (Fsp3) is 0.250. The van der Waals surface area contributed by atoms with Gasteiger partial charge in [0.2, 0.25) is 0 Å². The molecule has 0 amide bonds. The number of aliphatic hydroxyl groups is 1. The van der Waals surface area contributed by atoms with E-state index in [2.05, 4.69) is 5.10 Å². The van der Waals surface area contributed by atoms with Crippen LogP contribution >= 0.6 is 23.4 Å². The SMILES string of the molecule is O=[N+]([O-])c1cnn(C[C@H](O)CSc2ccc(Cl)cc2)c1. The van der Waals surface area contributed by atoms with Crippen LogP contribution in [0.4, 0.5) is 5.69 Å². The van der Waals surface area contributed by atoms with Crippen molar-refractivity contribution in [1.82, 2.24) is 9.78 Å². The van der Waals surface area contributed by atoms with Gasteiger partial charge >= 0.3 is 5.69 Å². The number of halogens is 1. The number of aliphatic hydroxyl groups excluding tert-OH is 1. The van der Waals surface area contributed by atoms with E-state index in [0.29, 0.717) is 10.8 Å². The van der Waals surface area contributed by atoms with Gasteiger partial charge in [-0.15, -0.1) is 11.8 Å². The summed E-state index contributed by atoms with van der Waals surface area (Å²) in [4.78, 5) is 11.0. The smallest absolute Gasteiger partial charge is 0.306 e. The van der Waals surface area contributed by atoms with Crippen LogP contribution in [-0.2, 0) is 6.54 Å². The Labute approximate surface area is 124 Å². The molecule has 0 aliphatic heterocycles. The number of hydrogen-bond donors (Lipinski definition) is 1. The third kappa shape index (κ3) is 4.22. The Morgan fingerprint density at radius 2 is 2.15 bits per heavy atom. The molecule has 1 heterocycles. The van der Waals surface area contributed by atoms with Gasteiger partial charge in [-0.25, -0.2) is 0 Å². The minimum absolute atomic E-state index is 0.0810. The van der Waals surface area contributed by atoms with Gasteiger partial charge < -0.3 is 5.11 Å². The molecule has 2 aromatic rings. The van der Waals surface area contributed by atoms with Crippen LogP contribution in [0.15, 0.2) is 41.6 Å². The maximum absolute atomic E-state index is 10.5. The van der Waals surface area contributed by atoms with Crippen molar-refractivity contribution in [3.05, 3.63) is 51.8 Å². The van der Waals surface area contributed by atoms with Gasteiger partial charge in [0.25, 0.3) is 0 Å². The van der Waals surface area contributed by atoms with E-state index in [1.165, 1.54) is 28.8 Å². The Morgan fingerprint density at radius 3 is 2.75 bits per heavy atom. The molecule has 1 N–H and O–H groups in total. The third-order valence-corrected chi connectivity index (χ3v) is 3.89. The van der Waals surface area contributed by atoms with Crippen LogP contribution in [0, 0.1) is 10.1 Å². The predicted octanol–water partition coefficient (Wildman–Crippen LogP) is 2.60. The van der Waals surface area contributed by atoms with Crippen LogP contribution < -0.4 is 0 Å². The van der Waals surface area contributed by atoms with E-state index in [-0.39, 0.29) is 12.2 Å². The van der Waals surface area contributed by atoms with Crippen molar-refractivity contribution in [2.45, 2.75) is 17.5 Å². The Balaban J connectivity index is 1.84. The van der Waals surface area contributed by atoms with E-state index < -0.39 is 11.0 Å². The first-order valence-electron chi connectivity index (χ1n) is 5.78. The van der Waals surface area contributed by atoms with Gasteiger partial charge in [-0.1, -0.05) is 11.6 Å². The van der Waals surface area contributed by atoms with Gasteiger partial charge in [-0.05, 0) is 24.3 Å². The summed E-state index contributed by atoms with van der Waals surface area (Å²) >= 11 is 7.27. The average Bonchev–Trinajstić information content (AvgIpc) is 2.87. The zero-order valence-corrected chi connectivity index (χ0v) is 11.9. The van der Waals surface area contributed by atoms with Gasteiger partial charge in [0.05, 0.1) is 17.6 Å². The van der Waals surface area contributed by atoms with E-state index >= 15 is 0 Å². The van der Waals surface area contributed by atoms with Gasteiger partial charge in [0.1, 0.15) is 12.4 Å². The second-order valence-corrected chi connectivity index (χ2v) is 5.63. The molecule has 106 valence electrons. The summed E-state index contributed by atoms with van der Waals surface area (Å²) in [6.07, 6.45) is 1.82. The highest BCUT2D eigenvalue weighted by Crippen LogP contribution is 2.21.